The van der Waals surface area contributed by atoms with Crippen LogP contribution in [0.1, 0.15) is 0 Å². The molecule has 0 aliphatic carbocycles. The summed E-state index contributed by atoms with van der Waals surface area (Å²) in [6, 6.07) is 0. The number of phenolic OH excluding ortho intramolecular Hbond substituents is 1. The maximum absolute atomic E-state index is 13.9. The monoisotopic (exact) mass is 412 g/mol. The summed E-state index contributed by atoms with van der Waals surface area (Å²) >= 11 is 28.8. The van der Waals surface area contributed by atoms with Crippen molar-refractivity contribution >= 4 is 58.0 Å². The average molecular weight is 414 g/mol. The van der Waals surface area contributed by atoms with Crippen LogP contribution in [-0.2, 0) is 0 Å². The Hall–Kier alpha value is -0.590. The zero-order chi connectivity index (χ0) is 16.9. The summed E-state index contributed by atoms with van der Waals surface area (Å²) in [5.41, 5.74) is -1.97. The first-order valence-corrected chi connectivity index (χ1v) is 7.06. The summed E-state index contributed by atoms with van der Waals surface area (Å²) in [7, 11) is 0. The molecule has 2 aromatic rings. The molecule has 0 aliphatic heterocycles. The van der Waals surface area contributed by atoms with Crippen molar-refractivity contribution in [3.8, 4) is 16.9 Å². The first kappa shape index (κ1) is 17.8. The standard InChI is InChI=1S/C12HCl5F4O/c13-3-1(4(14)6(16)7(17)5(3)15)2-8(18)10(20)12(22)11(21)9(2)19/h22H. The normalized spacial score (nSPS) is 11.1. The molecule has 2 aromatic carbocycles. The maximum atomic E-state index is 13.9. The molecule has 10 heteroatoms. The summed E-state index contributed by atoms with van der Waals surface area (Å²) in [6.07, 6.45) is 0. The fraction of sp³-hybridized carbons (Fsp3) is 0. The molecule has 0 amide bonds. The van der Waals surface area contributed by atoms with E-state index in [4.69, 9.17) is 63.1 Å². The largest absolute Gasteiger partial charge is 0.503 e. The summed E-state index contributed by atoms with van der Waals surface area (Å²) < 4.78 is 54.8. The Morgan fingerprint density at radius 2 is 0.818 bits per heavy atom. The minimum atomic E-state index is -2.02. The number of phenols is 1. The molecule has 1 N–H and O–H groups in total. The zero-order valence-electron chi connectivity index (χ0n) is 9.85. The molecule has 0 aromatic heterocycles. The molecule has 0 aliphatic rings. The Morgan fingerprint density at radius 3 is 1.18 bits per heavy atom. The van der Waals surface area contributed by atoms with Gasteiger partial charge in [0.05, 0.1) is 30.7 Å². The van der Waals surface area contributed by atoms with Crippen LogP contribution >= 0.6 is 58.0 Å². The van der Waals surface area contributed by atoms with Gasteiger partial charge in [0.1, 0.15) is 0 Å². The Bertz CT molecular complexity index is 684. The quantitative estimate of drug-likeness (QED) is 0.306. The minimum Gasteiger partial charge on any atom is -0.503 e. The van der Waals surface area contributed by atoms with Gasteiger partial charge in [0.2, 0.25) is 11.6 Å². The van der Waals surface area contributed by atoms with Crippen LogP contribution in [-0.4, -0.2) is 5.11 Å². The molecule has 0 atom stereocenters. The number of benzene rings is 2. The van der Waals surface area contributed by atoms with Crippen molar-refractivity contribution in [3.63, 3.8) is 0 Å². The highest BCUT2D eigenvalue weighted by atomic mass is 35.5. The highest BCUT2D eigenvalue weighted by Gasteiger charge is 2.31. The van der Waals surface area contributed by atoms with Gasteiger partial charge in [0, 0.05) is 5.56 Å². The van der Waals surface area contributed by atoms with Crippen LogP contribution in [0, 0.1) is 23.3 Å². The summed E-state index contributed by atoms with van der Waals surface area (Å²) in [5.74, 6) is -9.71. The third-order valence-electron chi connectivity index (χ3n) is 2.70. The maximum Gasteiger partial charge on any atom is 0.204 e. The van der Waals surface area contributed by atoms with E-state index < -0.39 is 60.2 Å². The van der Waals surface area contributed by atoms with Gasteiger partial charge in [-0.15, -0.1) is 0 Å². The first-order chi connectivity index (χ1) is 10.1. The van der Waals surface area contributed by atoms with Crippen LogP contribution in [0.3, 0.4) is 0 Å². The second kappa shape index (κ2) is 6.13. The molecule has 0 spiro atoms. The lowest BCUT2D eigenvalue weighted by Gasteiger charge is -2.15. The van der Waals surface area contributed by atoms with Crippen LogP contribution < -0.4 is 0 Å². The number of hydrogen-bond acceptors (Lipinski definition) is 1. The van der Waals surface area contributed by atoms with E-state index in [1.807, 2.05) is 0 Å². The third-order valence-corrected chi connectivity index (χ3v) is 4.98. The van der Waals surface area contributed by atoms with Crippen LogP contribution in [0.2, 0.25) is 25.1 Å². The van der Waals surface area contributed by atoms with Crippen LogP contribution in [0.25, 0.3) is 11.1 Å². The molecule has 0 heterocycles. The Balaban J connectivity index is 3.03. The lowest BCUT2D eigenvalue weighted by molar-refractivity contribution is 0.358. The molecule has 1 nitrogen and oxygen atoms in total. The van der Waals surface area contributed by atoms with E-state index in [1.165, 1.54) is 0 Å². The summed E-state index contributed by atoms with van der Waals surface area (Å²) in [4.78, 5) is 0. The second-order valence-corrected chi connectivity index (χ2v) is 5.81. The summed E-state index contributed by atoms with van der Waals surface area (Å²) in [5, 5.41) is 6.69. The molecule has 118 valence electrons. The molecular weight excluding hydrogens is 413 g/mol. The number of aromatic hydroxyl groups is 1. The zero-order valence-corrected chi connectivity index (χ0v) is 13.6. The van der Waals surface area contributed by atoms with Crippen molar-refractivity contribution in [1.82, 2.24) is 0 Å². The molecular formula is C12HCl5F4O. The fourth-order valence-corrected chi connectivity index (χ4v) is 2.99. The lowest BCUT2D eigenvalue weighted by Crippen LogP contribution is -2.01. The van der Waals surface area contributed by atoms with E-state index in [9.17, 15) is 17.6 Å². The topological polar surface area (TPSA) is 20.2 Å². The van der Waals surface area contributed by atoms with E-state index in [0.717, 1.165) is 0 Å². The van der Waals surface area contributed by atoms with Crippen molar-refractivity contribution < 1.29 is 22.7 Å². The van der Waals surface area contributed by atoms with Crippen LogP contribution in [0.4, 0.5) is 17.6 Å². The van der Waals surface area contributed by atoms with E-state index >= 15 is 0 Å². The van der Waals surface area contributed by atoms with Crippen molar-refractivity contribution in [3.05, 3.63) is 48.4 Å². The van der Waals surface area contributed by atoms with Crippen molar-refractivity contribution in [1.29, 1.82) is 0 Å². The van der Waals surface area contributed by atoms with Crippen molar-refractivity contribution in [2.75, 3.05) is 0 Å². The highest BCUT2D eigenvalue weighted by molar-refractivity contribution is 6.56. The van der Waals surface area contributed by atoms with Crippen LogP contribution in [0.5, 0.6) is 5.75 Å². The van der Waals surface area contributed by atoms with Crippen LogP contribution in [0.15, 0.2) is 0 Å². The minimum absolute atomic E-state index is 0.303. The highest BCUT2D eigenvalue weighted by Crippen LogP contribution is 2.50. The van der Waals surface area contributed by atoms with Gasteiger partial charge in [-0.1, -0.05) is 58.0 Å². The molecule has 0 bridgehead atoms. The molecule has 2 rings (SSSR count). The van der Waals surface area contributed by atoms with E-state index in [1.54, 1.807) is 0 Å². The second-order valence-electron chi connectivity index (χ2n) is 3.92. The van der Waals surface area contributed by atoms with Gasteiger partial charge < -0.3 is 5.11 Å². The smallest absolute Gasteiger partial charge is 0.204 e. The molecule has 0 saturated carbocycles. The SMILES string of the molecule is Oc1c(F)c(F)c(-c2c(Cl)c(Cl)c(Cl)c(Cl)c2Cl)c(F)c1F. The predicted octanol–water partition coefficient (Wildman–Crippen LogP) is 6.88. The molecule has 0 unspecified atom stereocenters. The van der Waals surface area contributed by atoms with Crippen molar-refractivity contribution in [2.45, 2.75) is 0 Å². The van der Waals surface area contributed by atoms with Gasteiger partial charge in [0.15, 0.2) is 17.4 Å². The van der Waals surface area contributed by atoms with E-state index in [-0.39, 0.29) is 5.02 Å². The van der Waals surface area contributed by atoms with Gasteiger partial charge in [-0.2, -0.15) is 8.78 Å². The number of halogens is 9. The Kier molecular flexibility index (Phi) is 4.95. The Morgan fingerprint density at radius 1 is 0.500 bits per heavy atom. The van der Waals surface area contributed by atoms with Gasteiger partial charge in [0.25, 0.3) is 0 Å². The van der Waals surface area contributed by atoms with Gasteiger partial charge in [-0.25, -0.2) is 8.78 Å². The third kappa shape index (κ3) is 2.49. The van der Waals surface area contributed by atoms with Gasteiger partial charge >= 0.3 is 0 Å². The van der Waals surface area contributed by atoms with Gasteiger partial charge in [-0.3, -0.25) is 0 Å². The lowest BCUT2D eigenvalue weighted by atomic mass is 10.0. The average Bonchev–Trinajstić information content (AvgIpc) is 2.50. The Labute approximate surface area is 145 Å². The molecule has 22 heavy (non-hydrogen) atoms. The van der Waals surface area contributed by atoms with E-state index in [0.29, 0.717) is 0 Å². The fourth-order valence-electron chi connectivity index (χ4n) is 1.66. The van der Waals surface area contributed by atoms with E-state index in [2.05, 4.69) is 0 Å². The predicted molar refractivity (Wildman–Crippen MR) is 78.4 cm³/mol. The number of rotatable bonds is 1. The first-order valence-electron chi connectivity index (χ1n) is 5.17. The molecule has 0 saturated heterocycles. The van der Waals surface area contributed by atoms with Gasteiger partial charge in [-0.05, 0) is 0 Å². The van der Waals surface area contributed by atoms with Crippen molar-refractivity contribution in [2.24, 2.45) is 0 Å². The molecule has 0 radical (unpaired) electrons. The number of hydrogen-bond donors (Lipinski definition) is 1. The summed E-state index contributed by atoms with van der Waals surface area (Å²) in [6.45, 7) is 0. The molecule has 0 fully saturated rings.